The number of ketones is 2. The molecule has 7 rings (SSSR count). The molecule has 0 atom stereocenters. The lowest BCUT2D eigenvalue weighted by Gasteiger charge is -2.23. The van der Waals surface area contributed by atoms with Gasteiger partial charge in [0.25, 0.3) is 0 Å². The highest BCUT2D eigenvalue weighted by molar-refractivity contribution is 7.39. The zero-order valence-corrected chi connectivity index (χ0v) is 21.3. The van der Waals surface area contributed by atoms with Crippen LogP contribution >= 0.6 is 34.0 Å². The molecule has 0 radical (unpaired) electrons. The zero-order chi connectivity index (χ0) is 24.2. The quantitative estimate of drug-likeness (QED) is 0.172. The van der Waals surface area contributed by atoms with Gasteiger partial charge >= 0.3 is 0 Å². The lowest BCUT2D eigenvalue weighted by atomic mass is 10.1. The summed E-state index contributed by atoms with van der Waals surface area (Å²) in [4.78, 5) is 28.9. The predicted molar refractivity (Wildman–Crippen MR) is 153 cm³/mol. The monoisotopic (exact) mass is 519 g/mol. The Hall–Kier alpha value is -3.84. The number of Topliss-reactive ketones (excluding diaryl/α,β-unsaturated/α-hetero) is 2. The number of hydrogen-bond acceptors (Lipinski definition) is 6. The topological polar surface area (TPSA) is 37.4 Å². The van der Waals surface area contributed by atoms with E-state index in [0.29, 0.717) is 11.1 Å². The third kappa shape index (κ3) is 3.38. The minimum absolute atomic E-state index is 0.183. The maximum absolute atomic E-state index is 12.8. The van der Waals surface area contributed by atoms with Gasteiger partial charge in [0.15, 0.2) is 11.6 Å². The minimum atomic E-state index is -0.183. The smallest absolute Gasteiger partial charge is 0.197 e. The Morgan fingerprint density at radius 1 is 0.583 bits per heavy atom. The summed E-state index contributed by atoms with van der Waals surface area (Å²) in [5.41, 5.74) is 3.48. The summed E-state index contributed by atoms with van der Waals surface area (Å²) >= 11 is 5.16. The molecule has 1 aliphatic rings. The van der Waals surface area contributed by atoms with E-state index in [0.717, 1.165) is 21.3 Å². The Kier molecular flexibility index (Phi) is 4.99. The van der Waals surface area contributed by atoms with Crippen LogP contribution in [0.2, 0.25) is 0 Å². The number of allylic oxidation sites excluding steroid dienone is 1. The first kappa shape index (κ1) is 21.4. The van der Waals surface area contributed by atoms with Crippen LogP contribution in [0.4, 0.5) is 16.4 Å². The summed E-state index contributed by atoms with van der Waals surface area (Å²) in [5, 5.41) is 1.15. The number of nitrogens with zero attached hydrogens (tertiary/aromatic N) is 1. The van der Waals surface area contributed by atoms with E-state index in [1.165, 1.54) is 18.8 Å². The highest BCUT2D eigenvalue weighted by atomic mass is 32.1. The number of benzene rings is 3. The van der Waals surface area contributed by atoms with Gasteiger partial charge in [-0.05, 0) is 42.5 Å². The lowest BCUT2D eigenvalue weighted by molar-refractivity contribution is 0.0990. The van der Waals surface area contributed by atoms with E-state index >= 15 is 0 Å². The van der Waals surface area contributed by atoms with E-state index in [2.05, 4.69) is 65.6 Å². The van der Waals surface area contributed by atoms with Crippen LogP contribution in [-0.2, 0) is 0 Å². The van der Waals surface area contributed by atoms with Crippen molar-refractivity contribution >= 4 is 86.8 Å². The summed E-state index contributed by atoms with van der Waals surface area (Å²) in [6.45, 7) is 0. The Morgan fingerprint density at radius 3 is 1.72 bits per heavy atom. The van der Waals surface area contributed by atoms with Crippen LogP contribution in [0.25, 0.3) is 24.9 Å². The molecular formula is C30H17NO2S3. The van der Waals surface area contributed by atoms with Gasteiger partial charge in [-0.2, -0.15) is 0 Å². The molecule has 3 heterocycles. The zero-order valence-electron chi connectivity index (χ0n) is 18.8. The number of para-hydroxylation sites is 2. The molecule has 3 aromatic carbocycles. The van der Waals surface area contributed by atoms with Crippen molar-refractivity contribution in [2.45, 2.75) is 0 Å². The molecule has 0 amide bonds. The van der Waals surface area contributed by atoms with Gasteiger partial charge in [0.2, 0.25) is 0 Å². The van der Waals surface area contributed by atoms with Gasteiger partial charge in [0.1, 0.15) is 5.00 Å². The van der Waals surface area contributed by atoms with Gasteiger partial charge in [0.05, 0.1) is 15.0 Å². The van der Waals surface area contributed by atoms with Crippen molar-refractivity contribution in [2.75, 3.05) is 4.90 Å². The second kappa shape index (κ2) is 8.38. The molecule has 0 fully saturated rings. The lowest BCUT2D eigenvalue weighted by Crippen LogP contribution is -2.07. The molecule has 1 aliphatic carbocycles. The van der Waals surface area contributed by atoms with E-state index < -0.39 is 0 Å². The normalized spacial score (nSPS) is 13.1. The second-order valence-electron chi connectivity index (χ2n) is 8.49. The molecule has 0 saturated carbocycles. The van der Waals surface area contributed by atoms with Crippen LogP contribution in [0.15, 0.2) is 103 Å². The Bertz CT molecular complexity index is 1750. The molecule has 0 spiro atoms. The Morgan fingerprint density at radius 2 is 1.11 bits per heavy atom. The third-order valence-corrected chi connectivity index (χ3v) is 9.98. The van der Waals surface area contributed by atoms with Gasteiger partial charge in [0, 0.05) is 36.8 Å². The molecule has 0 bridgehead atoms. The van der Waals surface area contributed by atoms with E-state index in [4.69, 9.17) is 0 Å². The third-order valence-electron chi connectivity index (χ3n) is 6.27. The van der Waals surface area contributed by atoms with Gasteiger partial charge < -0.3 is 4.90 Å². The van der Waals surface area contributed by atoms with Gasteiger partial charge in [-0.1, -0.05) is 60.7 Å². The number of rotatable bonds is 4. The number of hydrogen-bond donors (Lipinski definition) is 0. The first-order valence-electron chi connectivity index (χ1n) is 11.4. The van der Waals surface area contributed by atoms with E-state index in [1.54, 1.807) is 64.4 Å². The van der Waals surface area contributed by atoms with Crippen molar-refractivity contribution in [2.24, 2.45) is 0 Å². The second-order valence-corrected chi connectivity index (χ2v) is 11.7. The molecule has 3 nitrogen and oxygen atoms in total. The highest BCUT2D eigenvalue weighted by Crippen LogP contribution is 2.49. The summed E-state index contributed by atoms with van der Waals surface area (Å²) < 4.78 is 4.87. The molecule has 172 valence electrons. The van der Waals surface area contributed by atoms with Crippen molar-refractivity contribution in [3.05, 3.63) is 119 Å². The SMILES string of the molecule is O=C1C(=Cc2cc3sc4cc(N(c5ccccc5)c5ccccc5)sc4c3s2)C(=O)c2ccccc21. The van der Waals surface area contributed by atoms with Gasteiger partial charge in [-0.15, -0.1) is 34.0 Å². The summed E-state index contributed by atoms with van der Waals surface area (Å²) in [6, 6.07) is 32.2. The molecular weight excluding hydrogens is 503 g/mol. The first-order valence-corrected chi connectivity index (χ1v) is 13.9. The maximum Gasteiger partial charge on any atom is 0.197 e. The van der Waals surface area contributed by atoms with Gasteiger partial charge in [-0.25, -0.2) is 0 Å². The Balaban J connectivity index is 1.31. The fraction of sp³-hybridized carbons (Fsp3) is 0. The minimum Gasteiger partial charge on any atom is -0.302 e. The molecule has 6 aromatic rings. The van der Waals surface area contributed by atoms with Crippen molar-refractivity contribution in [3.63, 3.8) is 0 Å². The average Bonchev–Trinajstić information content (AvgIpc) is 3.63. The number of thiophene rings is 3. The molecule has 0 unspecified atom stereocenters. The fourth-order valence-electron chi connectivity index (χ4n) is 4.63. The highest BCUT2D eigenvalue weighted by Gasteiger charge is 2.32. The number of fused-ring (bicyclic) bond motifs is 4. The molecule has 0 aliphatic heterocycles. The van der Waals surface area contributed by atoms with Crippen LogP contribution in [0.5, 0.6) is 0 Å². The van der Waals surface area contributed by atoms with Gasteiger partial charge in [-0.3, -0.25) is 9.59 Å². The fourth-order valence-corrected chi connectivity index (χ4v) is 8.64. The Labute approximate surface area is 219 Å². The van der Waals surface area contributed by atoms with Crippen molar-refractivity contribution < 1.29 is 9.59 Å². The maximum atomic E-state index is 12.8. The standard InChI is InChI=1S/C30H17NO2S3/c32-27-21-13-7-8-14-22(21)28(33)23(27)15-20-16-24-29(34-20)30-25(35-24)17-26(36-30)31(18-9-3-1-4-10-18)19-11-5-2-6-12-19/h1-17H. The average molecular weight is 520 g/mol. The molecule has 6 heteroatoms. The van der Waals surface area contributed by atoms with E-state index in [-0.39, 0.29) is 17.1 Å². The molecule has 0 N–H and O–H groups in total. The number of anilines is 3. The molecule has 0 saturated heterocycles. The van der Waals surface area contributed by atoms with Crippen LogP contribution < -0.4 is 4.90 Å². The summed E-state index contributed by atoms with van der Waals surface area (Å²) in [7, 11) is 0. The number of carbonyl (C=O) groups excluding carboxylic acids is 2. The molecule has 36 heavy (non-hydrogen) atoms. The number of carbonyl (C=O) groups is 2. The first-order chi connectivity index (χ1) is 17.7. The van der Waals surface area contributed by atoms with Crippen molar-refractivity contribution in [3.8, 4) is 0 Å². The largest absolute Gasteiger partial charge is 0.302 e. The van der Waals surface area contributed by atoms with Crippen LogP contribution in [-0.4, -0.2) is 11.6 Å². The predicted octanol–water partition coefficient (Wildman–Crippen LogP) is 9.11. The summed E-state index contributed by atoms with van der Waals surface area (Å²) in [6.07, 6.45) is 1.77. The molecule has 3 aromatic heterocycles. The van der Waals surface area contributed by atoms with Crippen LogP contribution in [0, 0.1) is 0 Å². The van der Waals surface area contributed by atoms with Crippen LogP contribution in [0.1, 0.15) is 25.6 Å². The van der Waals surface area contributed by atoms with E-state index in [9.17, 15) is 9.59 Å². The van der Waals surface area contributed by atoms with Crippen LogP contribution in [0.3, 0.4) is 0 Å². The van der Waals surface area contributed by atoms with E-state index in [1.807, 2.05) is 12.1 Å². The van der Waals surface area contributed by atoms with Crippen molar-refractivity contribution in [1.29, 1.82) is 0 Å². The summed E-state index contributed by atoms with van der Waals surface area (Å²) in [5.74, 6) is -0.366. The van der Waals surface area contributed by atoms with Crippen molar-refractivity contribution in [1.82, 2.24) is 0 Å².